The van der Waals surface area contributed by atoms with Gasteiger partial charge in [0.1, 0.15) is 11.3 Å². The molecule has 0 radical (unpaired) electrons. The fourth-order valence-electron chi connectivity index (χ4n) is 1.40. The van der Waals surface area contributed by atoms with Gasteiger partial charge in [-0.05, 0) is 12.1 Å². The molecule has 0 aliphatic heterocycles. The van der Waals surface area contributed by atoms with Crippen molar-refractivity contribution >= 4 is 22.0 Å². The van der Waals surface area contributed by atoms with Crippen LogP contribution in [0.5, 0.6) is 0 Å². The summed E-state index contributed by atoms with van der Waals surface area (Å²) in [4.78, 5) is 0.748. The van der Waals surface area contributed by atoms with Crippen LogP contribution in [0.1, 0.15) is 0 Å². The number of nitrogens with zero attached hydrogens (tertiary/aromatic N) is 4. The highest BCUT2D eigenvalue weighted by Crippen LogP contribution is 2.26. The SMILES string of the molecule is ONc1cccc(-c2nn3cnnc3s2)c1. The third-order valence-electron chi connectivity index (χ3n) is 2.13. The quantitative estimate of drug-likeness (QED) is 0.658. The Morgan fingerprint density at radius 3 is 3.12 bits per heavy atom. The van der Waals surface area contributed by atoms with Crippen molar-refractivity contribution in [3.05, 3.63) is 30.6 Å². The molecule has 1 aromatic carbocycles. The Bertz CT molecular complexity index is 603. The van der Waals surface area contributed by atoms with Gasteiger partial charge in [0.15, 0.2) is 0 Å². The number of fused-ring (bicyclic) bond motifs is 1. The van der Waals surface area contributed by atoms with Gasteiger partial charge in [-0.15, -0.1) is 10.2 Å². The summed E-state index contributed by atoms with van der Waals surface area (Å²) in [6, 6.07) is 7.35. The van der Waals surface area contributed by atoms with Gasteiger partial charge in [-0.1, -0.05) is 23.5 Å². The zero-order valence-corrected chi connectivity index (χ0v) is 8.85. The van der Waals surface area contributed by atoms with Crippen molar-refractivity contribution in [2.45, 2.75) is 0 Å². The molecule has 2 aromatic heterocycles. The van der Waals surface area contributed by atoms with Gasteiger partial charge in [0.2, 0.25) is 4.96 Å². The molecule has 6 nitrogen and oxygen atoms in total. The zero-order valence-electron chi connectivity index (χ0n) is 8.03. The number of nitrogens with one attached hydrogen (secondary N) is 1. The Balaban J connectivity index is 2.11. The summed E-state index contributed by atoms with van der Waals surface area (Å²) in [6.45, 7) is 0. The van der Waals surface area contributed by atoms with E-state index >= 15 is 0 Å². The maximum atomic E-state index is 8.81. The molecule has 0 spiro atoms. The van der Waals surface area contributed by atoms with E-state index in [1.807, 2.05) is 18.2 Å². The van der Waals surface area contributed by atoms with E-state index < -0.39 is 0 Å². The van der Waals surface area contributed by atoms with Crippen molar-refractivity contribution in [2.75, 3.05) is 5.48 Å². The predicted octanol–water partition coefficient (Wildman–Crippen LogP) is 1.65. The average molecular weight is 233 g/mol. The molecule has 0 aliphatic carbocycles. The Labute approximate surface area is 94.1 Å². The molecule has 0 atom stereocenters. The van der Waals surface area contributed by atoms with Gasteiger partial charge in [-0.3, -0.25) is 10.7 Å². The summed E-state index contributed by atoms with van der Waals surface area (Å²) in [5, 5.41) is 21.6. The van der Waals surface area contributed by atoms with Gasteiger partial charge in [-0.2, -0.15) is 9.61 Å². The van der Waals surface area contributed by atoms with E-state index in [4.69, 9.17) is 5.21 Å². The van der Waals surface area contributed by atoms with Crippen molar-refractivity contribution in [1.29, 1.82) is 0 Å². The summed E-state index contributed by atoms with van der Waals surface area (Å²) >= 11 is 1.45. The fourth-order valence-corrected chi connectivity index (χ4v) is 2.21. The monoisotopic (exact) mass is 233 g/mol. The summed E-state index contributed by atoms with van der Waals surface area (Å²) < 4.78 is 1.62. The molecule has 0 saturated heterocycles. The Morgan fingerprint density at radius 2 is 2.31 bits per heavy atom. The van der Waals surface area contributed by atoms with Crippen molar-refractivity contribution in [2.24, 2.45) is 0 Å². The highest BCUT2D eigenvalue weighted by Gasteiger charge is 2.07. The standard InChI is InChI=1S/C9H7N5OS/c15-13-7-3-1-2-6(4-7)8-12-14-5-10-11-9(14)16-8/h1-5,13,15H. The smallest absolute Gasteiger partial charge is 0.234 e. The largest absolute Gasteiger partial charge is 0.291 e. The normalized spacial score (nSPS) is 10.8. The van der Waals surface area contributed by atoms with E-state index in [1.165, 1.54) is 11.3 Å². The molecule has 7 heteroatoms. The zero-order chi connectivity index (χ0) is 11.0. The molecule has 3 rings (SSSR count). The molecular formula is C9H7N5OS. The van der Waals surface area contributed by atoms with Crippen LogP contribution < -0.4 is 5.48 Å². The Kier molecular flexibility index (Phi) is 2.05. The second-order valence-corrected chi connectivity index (χ2v) is 4.11. The van der Waals surface area contributed by atoms with Crippen molar-refractivity contribution in [3.8, 4) is 10.6 Å². The van der Waals surface area contributed by atoms with Crippen LogP contribution in [0.25, 0.3) is 15.5 Å². The van der Waals surface area contributed by atoms with Crippen LogP contribution in [0, 0.1) is 0 Å². The minimum atomic E-state index is 0.628. The molecule has 16 heavy (non-hydrogen) atoms. The third kappa shape index (κ3) is 1.42. The molecule has 0 bridgehead atoms. The van der Waals surface area contributed by atoms with Crippen LogP contribution >= 0.6 is 11.3 Å². The van der Waals surface area contributed by atoms with Gasteiger partial charge < -0.3 is 0 Å². The molecule has 0 fully saturated rings. The van der Waals surface area contributed by atoms with Crippen molar-refractivity contribution in [3.63, 3.8) is 0 Å². The topological polar surface area (TPSA) is 75.3 Å². The lowest BCUT2D eigenvalue weighted by Crippen LogP contribution is -1.89. The minimum absolute atomic E-state index is 0.628. The number of anilines is 1. The van der Waals surface area contributed by atoms with E-state index in [9.17, 15) is 0 Å². The van der Waals surface area contributed by atoms with Gasteiger partial charge in [0, 0.05) is 5.56 Å². The second kappa shape index (κ2) is 3.54. The average Bonchev–Trinajstić information content (AvgIpc) is 2.89. The Morgan fingerprint density at radius 1 is 1.38 bits per heavy atom. The fraction of sp³-hybridized carbons (Fsp3) is 0. The molecule has 2 heterocycles. The minimum Gasteiger partial charge on any atom is -0.291 e. The van der Waals surface area contributed by atoms with Crippen LogP contribution in [0.3, 0.4) is 0 Å². The third-order valence-corrected chi connectivity index (χ3v) is 3.09. The van der Waals surface area contributed by atoms with Gasteiger partial charge >= 0.3 is 0 Å². The van der Waals surface area contributed by atoms with Crippen LogP contribution in [0.4, 0.5) is 5.69 Å². The van der Waals surface area contributed by atoms with Crippen LogP contribution in [-0.2, 0) is 0 Å². The van der Waals surface area contributed by atoms with Crippen molar-refractivity contribution in [1.82, 2.24) is 19.8 Å². The highest BCUT2D eigenvalue weighted by molar-refractivity contribution is 7.19. The first kappa shape index (κ1) is 9.25. The lowest BCUT2D eigenvalue weighted by atomic mass is 10.2. The Hall–Kier alpha value is -1.99. The first-order valence-corrected chi connectivity index (χ1v) is 5.36. The highest BCUT2D eigenvalue weighted by atomic mass is 32.1. The lowest BCUT2D eigenvalue weighted by molar-refractivity contribution is 0.389. The molecule has 0 unspecified atom stereocenters. The maximum absolute atomic E-state index is 8.81. The molecular weight excluding hydrogens is 226 g/mol. The predicted molar refractivity (Wildman–Crippen MR) is 59.5 cm³/mol. The van der Waals surface area contributed by atoms with Crippen LogP contribution in [-0.4, -0.2) is 25.0 Å². The maximum Gasteiger partial charge on any atom is 0.234 e. The molecule has 3 aromatic rings. The molecule has 0 saturated carbocycles. The van der Waals surface area contributed by atoms with E-state index in [0.717, 1.165) is 15.5 Å². The van der Waals surface area contributed by atoms with Crippen LogP contribution in [0.15, 0.2) is 30.6 Å². The summed E-state index contributed by atoms with van der Waals surface area (Å²) in [5.74, 6) is 0. The molecule has 2 N–H and O–H groups in total. The van der Waals surface area contributed by atoms with Gasteiger partial charge in [0.05, 0.1) is 5.69 Å². The van der Waals surface area contributed by atoms with E-state index in [0.29, 0.717) is 5.69 Å². The van der Waals surface area contributed by atoms with E-state index in [1.54, 1.807) is 16.9 Å². The van der Waals surface area contributed by atoms with Gasteiger partial charge in [-0.25, -0.2) is 0 Å². The molecule has 0 amide bonds. The first-order valence-electron chi connectivity index (χ1n) is 4.54. The van der Waals surface area contributed by atoms with Gasteiger partial charge in [0.25, 0.3) is 0 Å². The number of hydrogen-bond donors (Lipinski definition) is 2. The summed E-state index contributed by atoms with van der Waals surface area (Å²) in [7, 11) is 0. The van der Waals surface area contributed by atoms with Crippen molar-refractivity contribution < 1.29 is 5.21 Å². The lowest BCUT2D eigenvalue weighted by Gasteiger charge is -1.99. The van der Waals surface area contributed by atoms with E-state index in [-0.39, 0.29) is 0 Å². The second-order valence-electron chi connectivity index (χ2n) is 3.16. The van der Waals surface area contributed by atoms with E-state index in [2.05, 4.69) is 20.8 Å². The number of rotatable bonds is 2. The summed E-state index contributed by atoms with van der Waals surface area (Å²) in [5.41, 5.74) is 3.66. The molecule has 0 aliphatic rings. The van der Waals surface area contributed by atoms with Crippen LogP contribution in [0.2, 0.25) is 0 Å². The first-order chi connectivity index (χ1) is 7.86. The molecule has 80 valence electrons. The number of aromatic nitrogens is 4. The number of benzene rings is 1. The summed E-state index contributed by atoms with van der Waals surface area (Å²) in [6.07, 6.45) is 1.56. The number of hydrogen-bond acceptors (Lipinski definition) is 6.